The van der Waals surface area contributed by atoms with Gasteiger partial charge in [0.2, 0.25) is 10.0 Å². The van der Waals surface area contributed by atoms with Crippen LogP contribution in [0, 0.1) is 5.92 Å². The molecule has 0 radical (unpaired) electrons. The number of rotatable bonds is 6. The average Bonchev–Trinajstić information content (AvgIpc) is 2.48. The lowest BCUT2D eigenvalue weighted by Crippen LogP contribution is -2.35. The summed E-state index contributed by atoms with van der Waals surface area (Å²) in [5.74, 6) is 0.793. The monoisotopic (exact) mass is 296 g/mol. The van der Waals surface area contributed by atoms with Gasteiger partial charge in [-0.1, -0.05) is 18.2 Å². The van der Waals surface area contributed by atoms with Gasteiger partial charge in [0.1, 0.15) is 0 Å². The fourth-order valence-corrected chi connectivity index (χ4v) is 4.42. The van der Waals surface area contributed by atoms with Gasteiger partial charge in [0.15, 0.2) is 0 Å². The van der Waals surface area contributed by atoms with Gasteiger partial charge in [0, 0.05) is 6.54 Å². The molecule has 1 aliphatic rings. The van der Waals surface area contributed by atoms with E-state index in [9.17, 15) is 8.42 Å². The molecule has 0 aromatic heterocycles. The highest BCUT2D eigenvalue weighted by Crippen LogP contribution is 2.21. The van der Waals surface area contributed by atoms with Crippen LogP contribution >= 0.6 is 0 Å². The van der Waals surface area contributed by atoms with E-state index < -0.39 is 10.0 Å². The van der Waals surface area contributed by atoms with Crippen molar-refractivity contribution in [3.8, 4) is 0 Å². The van der Waals surface area contributed by atoms with Crippen LogP contribution in [-0.2, 0) is 10.0 Å². The smallest absolute Gasteiger partial charge is 0.235 e. The lowest BCUT2D eigenvalue weighted by atomic mass is 9.96. The predicted octanol–water partition coefficient (Wildman–Crippen LogP) is 2.23. The number of para-hydroxylation sites is 1. The van der Waals surface area contributed by atoms with E-state index in [0.29, 0.717) is 12.5 Å². The summed E-state index contributed by atoms with van der Waals surface area (Å²) in [6.07, 6.45) is 2.95. The molecule has 0 bridgehead atoms. The Kier molecular flexibility index (Phi) is 5.43. The third-order valence-corrected chi connectivity index (χ3v) is 5.80. The SMILES string of the molecule is CCN(c1ccccc1)S(=O)(=O)CCC1CCNCC1. The highest BCUT2D eigenvalue weighted by Gasteiger charge is 2.23. The van der Waals surface area contributed by atoms with Gasteiger partial charge in [-0.25, -0.2) is 8.42 Å². The van der Waals surface area contributed by atoms with Crippen molar-refractivity contribution in [1.82, 2.24) is 5.32 Å². The molecular weight excluding hydrogens is 272 g/mol. The van der Waals surface area contributed by atoms with E-state index in [1.54, 1.807) is 0 Å². The molecule has 0 saturated carbocycles. The van der Waals surface area contributed by atoms with Crippen LogP contribution in [0.2, 0.25) is 0 Å². The van der Waals surface area contributed by atoms with E-state index in [-0.39, 0.29) is 5.75 Å². The molecule has 0 spiro atoms. The van der Waals surface area contributed by atoms with Crippen molar-refractivity contribution in [2.75, 3.05) is 29.7 Å². The van der Waals surface area contributed by atoms with Gasteiger partial charge in [-0.3, -0.25) is 4.31 Å². The van der Waals surface area contributed by atoms with Crippen LogP contribution in [-0.4, -0.2) is 33.8 Å². The Morgan fingerprint density at radius 3 is 2.45 bits per heavy atom. The maximum atomic E-state index is 12.5. The highest BCUT2D eigenvalue weighted by molar-refractivity contribution is 7.92. The highest BCUT2D eigenvalue weighted by atomic mass is 32.2. The number of piperidine rings is 1. The van der Waals surface area contributed by atoms with Crippen molar-refractivity contribution in [2.24, 2.45) is 5.92 Å². The molecule has 2 rings (SSSR count). The van der Waals surface area contributed by atoms with Gasteiger partial charge < -0.3 is 5.32 Å². The standard InChI is InChI=1S/C15H24N2O2S/c1-2-17(15-6-4-3-5-7-15)20(18,19)13-10-14-8-11-16-12-9-14/h3-7,14,16H,2,8-13H2,1H3. The van der Waals surface area contributed by atoms with E-state index in [1.807, 2.05) is 37.3 Å². The molecule has 1 aliphatic heterocycles. The Hall–Kier alpha value is -1.07. The van der Waals surface area contributed by atoms with E-state index >= 15 is 0 Å². The molecule has 5 heteroatoms. The fourth-order valence-electron chi connectivity index (χ4n) is 2.73. The molecule has 1 N–H and O–H groups in total. The van der Waals surface area contributed by atoms with Gasteiger partial charge >= 0.3 is 0 Å². The van der Waals surface area contributed by atoms with Crippen molar-refractivity contribution < 1.29 is 8.42 Å². The largest absolute Gasteiger partial charge is 0.317 e. The second-order valence-electron chi connectivity index (χ2n) is 5.30. The normalized spacial score (nSPS) is 17.1. The van der Waals surface area contributed by atoms with Gasteiger partial charge in [-0.2, -0.15) is 0 Å². The van der Waals surface area contributed by atoms with E-state index in [1.165, 1.54) is 4.31 Å². The topological polar surface area (TPSA) is 49.4 Å². The Labute approximate surface area is 122 Å². The summed E-state index contributed by atoms with van der Waals surface area (Å²) in [5.41, 5.74) is 0.764. The number of nitrogens with one attached hydrogen (secondary N) is 1. The zero-order valence-corrected chi connectivity index (χ0v) is 12.9. The number of hydrogen-bond acceptors (Lipinski definition) is 3. The second-order valence-corrected chi connectivity index (χ2v) is 7.31. The molecule has 4 nitrogen and oxygen atoms in total. The Morgan fingerprint density at radius 2 is 1.85 bits per heavy atom. The number of sulfonamides is 1. The lowest BCUT2D eigenvalue weighted by Gasteiger charge is -2.26. The quantitative estimate of drug-likeness (QED) is 0.876. The van der Waals surface area contributed by atoms with Gasteiger partial charge in [0.25, 0.3) is 0 Å². The zero-order chi connectivity index (χ0) is 14.4. The van der Waals surface area contributed by atoms with Gasteiger partial charge in [0.05, 0.1) is 11.4 Å². The molecule has 1 fully saturated rings. The minimum Gasteiger partial charge on any atom is -0.317 e. The van der Waals surface area contributed by atoms with Crippen LogP contribution in [0.3, 0.4) is 0 Å². The number of hydrogen-bond donors (Lipinski definition) is 1. The molecule has 0 unspecified atom stereocenters. The molecule has 0 aliphatic carbocycles. The third kappa shape index (κ3) is 3.96. The van der Waals surface area contributed by atoms with Crippen molar-refractivity contribution in [3.05, 3.63) is 30.3 Å². The summed E-state index contributed by atoms with van der Waals surface area (Å²) in [6, 6.07) is 9.36. The van der Waals surface area contributed by atoms with Crippen LogP contribution in [0.5, 0.6) is 0 Å². The second kappa shape index (κ2) is 7.09. The first-order chi connectivity index (χ1) is 9.63. The van der Waals surface area contributed by atoms with Crippen LogP contribution in [0.1, 0.15) is 26.2 Å². The van der Waals surface area contributed by atoms with Gasteiger partial charge in [-0.15, -0.1) is 0 Å². The fraction of sp³-hybridized carbons (Fsp3) is 0.600. The summed E-state index contributed by atoms with van der Waals surface area (Å²) in [4.78, 5) is 0. The van der Waals surface area contributed by atoms with E-state index in [0.717, 1.165) is 38.0 Å². The predicted molar refractivity (Wildman–Crippen MR) is 83.5 cm³/mol. The minimum atomic E-state index is -3.21. The molecule has 1 aromatic carbocycles. The molecule has 1 aromatic rings. The van der Waals surface area contributed by atoms with Crippen LogP contribution < -0.4 is 9.62 Å². The van der Waals surface area contributed by atoms with Crippen LogP contribution in [0.25, 0.3) is 0 Å². The lowest BCUT2D eigenvalue weighted by molar-refractivity contribution is 0.365. The van der Waals surface area contributed by atoms with Crippen molar-refractivity contribution in [3.63, 3.8) is 0 Å². The maximum absolute atomic E-state index is 12.5. The molecule has 1 saturated heterocycles. The summed E-state index contributed by atoms with van der Waals surface area (Å²) in [5, 5.41) is 3.31. The van der Waals surface area contributed by atoms with Crippen LogP contribution in [0.15, 0.2) is 30.3 Å². The number of nitrogens with zero attached hydrogens (tertiary/aromatic N) is 1. The minimum absolute atomic E-state index is 0.250. The summed E-state index contributed by atoms with van der Waals surface area (Å²) < 4.78 is 26.6. The Bertz CT molecular complexity index is 496. The third-order valence-electron chi connectivity index (χ3n) is 3.91. The van der Waals surface area contributed by atoms with E-state index in [4.69, 9.17) is 0 Å². The molecule has 0 atom stereocenters. The summed E-state index contributed by atoms with van der Waals surface area (Å²) >= 11 is 0. The van der Waals surface area contributed by atoms with Gasteiger partial charge in [-0.05, 0) is 57.3 Å². The first kappa shape index (κ1) is 15.3. The molecular formula is C15H24N2O2S. The average molecular weight is 296 g/mol. The summed E-state index contributed by atoms with van der Waals surface area (Å²) in [7, 11) is -3.21. The maximum Gasteiger partial charge on any atom is 0.235 e. The Balaban J connectivity index is 2.00. The van der Waals surface area contributed by atoms with E-state index in [2.05, 4.69) is 5.32 Å². The molecule has 20 heavy (non-hydrogen) atoms. The molecule has 112 valence electrons. The van der Waals surface area contributed by atoms with Crippen molar-refractivity contribution in [2.45, 2.75) is 26.2 Å². The number of benzene rings is 1. The van der Waals surface area contributed by atoms with Crippen molar-refractivity contribution >= 4 is 15.7 Å². The van der Waals surface area contributed by atoms with Crippen molar-refractivity contribution in [1.29, 1.82) is 0 Å². The first-order valence-corrected chi connectivity index (χ1v) is 9.00. The Morgan fingerprint density at radius 1 is 1.20 bits per heavy atom. The molecule has 1 heterocycles. The zero-order valence-electron chi connectivity index (χ0n) is 12.1. The first-order valence-electron chi connectivity index (χ1n) is 7.39. The number of anilines is 1. The van der Waals surface area contributed by atoms with Crippen LogP contribution in [0.4, 0.5) is 5.69 Å². The summed E-state index contributed by atoms with van der Waals surface area (Å²) in [6.45, 7) is 4.40. The molecule has 0 amide bonds.